The van der Waals surface area contributed by atoms with Crippen LogP contribution >= 0.6 is 11.8 Å². The molecule has 0 amide bonds. The summed E-state index contributed by atoms with van der Waals surface area (Å²) in [5.41, 5.74) is 0.544. The zero-order valence-electron chi connectivity index (χ0n) is 13.8. The van der Waals surface area contributed by atoms with Crippen molar-refractivity contribution in [1.29, 1.82) is 0 Å². The number of rotatable bonds is 5. The molecular weight excluding hydrogens is 264 g/mol. The molecule has 20 heavy (non-hydrogen) atoms. The van der Waals surface area contributed by atoms with Gasteiger partial charge in [-0.05, 0) is 18.3 Å². The van der Waals surface area contributed by atoms with Crippen molar-refractivity contribution >= 4 is 11.8 Å². The summed E-state index contributed by atoms with van der Waals surface area (Å²) in [6.45, 7) is 12.1. The molecule has 2 rings (SSSR count). The van der Waals surface area contributed by atoms with Gasteiger partial charge in [-0.25, -0.2) is 0 Å². The average Bonchev–Trinajstić information content (AvgIpc) is 2.63. The minimum atomic E-state index is 0.544. The predicted molar refractivity (Wildman–Crippen MR) is 91.6 cm³/mol. The van der Waals surface area contributed by atoms with Crippen LogP contribution in [-0.2, 0) is 0 Å². The van der Waals surface area contributed by atoms with Crippen LogP contribution in [0.25, 0.3) is 0 Å². The highest BCUT2D eigenvalue weighted by Gasteiger charge is 2.34. The van der Waals surface area contributed by atoms with Crippen LogP contribution in [-0.4, -0.2) is 48.1 Å². The number of thioether (sulfide) groups is 1. The van der Waals surface area contributed by atoms with E-state index in [2.05, 4.69) is 42.7 Å². The van der Waals surface area contributed by atoms with E-state index in [-0.39, 0.29) is 0 Å². The number of hydrogen-bond acceptors (Lipinski definition) is 3. The van der Waals surface area contributed by atoms with Gasteiger partial charge in [0.1, 0.15) is 0 Å². The van der Waals surface area contributed by atoms with Crippen molar-refractivity contribution in [2.24, 2.45) is 5.41 Å². The Morgan fingerprint density at radius 1 is 1.20 bits per heavy atom. The van der Waals surface area contributed by atoms with Crippen molar-refractivity contribution in [3.05, 3.63) is 0 Å². The van der Waals surface area contributed by atoms with E-state index < -0.39 is 0 Å². The lowest BCUT2D eigenvalue weighted by Crippen LogP contribution is -2.48. The zero-order valence-corrected chi connectivity index (χ0v) is 14.6. The summed E-state index contributed by atoms with van der Waals surface area (Å²) >= 11 is 2.15. The van der Waals surface area contributed by atoms with Crippen LogP contribution in [0.5, 0.6) is 0 Å². The van der Waals surface area contributed by atoms with Crippen LogP contribution in [0.3, 0.4) is 0 Å². The largest absolute Gasteiger partial charge is 0.314 e. The lowest BCUT2D eigenvalue weighted by Gasteiger charge is -2.41. The fourth-order valence-electron chi connectivity index (χ4n) is 3.80. The summed E-state index contributed by atoms with van der Waals surface area (Å²) in [4.78, 5) is 2.76. The molecule has 2 nitrogen and oxygen atoms in total. The molecule has 0 radical (unpaired) electrons. The highest BCUT2D eigenvalue weighted by atomic mass is 32.2. The second kappa shape index (κ2) is 8.05. The molecule has 2 aliphatic rings. The maximum atomic E-state index is 3.75. The third-order valence-electron chi connectivity index (χ3n) is 4.93. The van der Waals surface area contributed by atoms with Gasteiger partial charge in [0.2, 0.25) is 0 Å². The fourth-order valence-corrected chi connectivity index (χ4v) is 4.88. The van der Waals surface area contributed by atoms with Gasteiger partial charge in [-0.15, -0.1) is 0 Å². The maximum Gasteiger partial charge on any atom is 0.0147 e. The maximum absolute atomic E-state index is 3.75. The third-order valence-corrected chi connectivity index (χ3v) is 6.07. The summed E-state index contributed by atoms with van der Waals surface area (Å²) in [5, 5.41) is 4.58. The Balaban J connectivity index is 1.96. The smallest absolute Gasteiger partial charge is 0.0147 e. The quantitative estimate of drug-likeness (QED) is 0.778. The molecule has 1 aliphatic heterocycles. The minimum absolute atomic E-state index is 0.544. The lowest BCUT2D eigenvalue weighted by atomic mass is 9.79. The molecule has 118 valence electrons. The molecule has 0 aromatic rings. The van der Waals surface area contributed by atoms with Crippen molar-refractivity contribution in [2.45, 2.75) is 70.6 Å². The molecule has 0 spiro atoms. The Hall–Kier alpha value is 0.270. The van der Waals surface area contributed by atoms with Gasteiger partial charge in [-0.1, -0.05) is 46.5 Å². The first-order chi connectivity index (χ1) is 9.60. The van der Waals surface area contributed by atoms with E-state index in [4.69, 9.17) is 0 Å². The van der Waals surface area contributed by atoms with E-state index in [0.29, 0.717) is 11.5 Å². The second-order valence-electron chi connectivity index (χ2n) is 7.37. The van der Waals surface area contributed by atoms with Gasteiger partial charge < -0.3 is 10.2 Å². The molecule has 0 aromatic carbocycles. The Morgan fingerprint density at radius 2 is 1.90 bits per heavy atom. The van der Waals surface area contributed by atoms with Crippen molar-refractivity contribution in [1.82, 2.24) is 10.2 Å². The predicted octanol–water partition coefficient (Wildman–Crippen LogP) is 3.76. The van der Waals surface area contributed by atoms with Gasteiger partial charge in [-0.3, -0.25) is 0 Å². The topological polar surface area (TPSA) is 15.3 Å². The first kappa shape index (κ1) is 16.6. The van der Waals surface area contributed by atoms with E-state index in [1.807, 2.05) is 0 Å². The number of nitrogens with zero attached hydrogens (tertiary/aromatic N) is 1. The van der Waals surface area contributed by atoms with Crippen LogP contribution in [0.15, 0.2) is 0 Å². The van der Waals surface area contributed by atoms with Gasteiger partial charge in [0, 0.05) is 43.2 Å². The Morgan fingerprint density at radius 3 is 2.50 bits per heavy atom. The van der Waals surface area contributed by atoms with Crippen molar-refractivity contribution in [3.63, 3.8) is 0 Å². The molecule has 0 bridgehead atoms. The lowest BCUT2D eigenvalue weighted by molar-refractivity contribution is 0.127. The highest BCUT2D eigenvalue weighted by molar-refractivity contribution is 7.99. The molecule has 1 heterocycles. The molecule has 1 aliphatic carbocycles. The molecule has 1 saturated carbocycles. The monoisotopic (exact) mass is 298 g/mol. The third kappa shape index (κ3) is 5.23. The van der Waals surface area contributed by atoms with Gasteiger partial charge in [0.25, 0.3) is 0 Å². The molecule has 3 heteroatoms. The molecular formula is C17H34N2S. The summed E-state index contributed by atoms with van der Waals surface area (Å²) in [6, 6.07) is 0.617. The van der Waals surface area contributed by atoms with Crippen LogP contribution in [0, 0.1) is 5.41 Å². The zero-order chi connectivity index (χ0) is 14.4. The van der Waals surface area contributed by atoms with E-state index >= 15 is 0 Å². The normalized spacial score (nSPS) is 28.5. The fraction of sp³-hybridized carbons (Fsp3) is 1.00. The van der Waals surface area contributed by atoms with E-state index in [9.17, 15) is 0 Å². The summed E-state index contributed by atoms with van der Waals surface area (Å²) < 4.78 is 0. The molecule has 1 N–H and O–H groups in total. The van der Waals surface area contributed by atoms with Crippen LogP contribution in [0.4, 0.5) is 0 Å². The standard InChI is InChI=1S/C17H34N2S/c1-15(2)18-13-17(8-6-4-5-7-9-17)14-19-10-11-20-16(3)12-19/h15-16,18H,4-14H2,1-3H3. The average molecular weight is 299 g/mol. The van der Waals surface area contributed by atoms with Crippen LogP contribution in [0.2, 0.25) is 0 Å². The van der Waals surface area contributed by atoms with Crippen molar-refractivity contribution in [2.75, 3.05) is 31.9 Å². The first-order valence-electron chi connectivity index (χ1n) is 8.67. The molecule has 2 fully saturated rings. The molecule has 1 unspecified atom stereocenters. The Labute approximate surface area is 130 Å². The Kier molecular flexibility index (Phi) is 6.70. The van der Waals surface area contributed by atoms with Crippen LogP contribution in [0.1, 0.15) is 59.3 Å². The number of hydrogen-bond donors (Lipinski definition) is 1. The van der Waals surface area contributed by atoms with Crippen LogP contribution < -0.4 is 5.32 Å². The molecule has 1 atom stereocenters. The molecule has 1 saturated heterocycles. The minimum Gasteiger partial charge on any atom is -0.314 e. The first-order valence-corrected chi connectivity index (χ1v) is 9.72. The van der Waals surface area contributed by atoms with Crippen molar-refractivity contribution in [3.8, 4) is 0 Å². The van der Waals surface area contributed by atoms with Gasteiger partial charge in [0.15, 0.2) is 0 Å². The summed E-state index contributed by atoms with van der Waals surface area (Å²) in [7, 11) is 0. The van der Waals surface area contributed by atoms with Gasteiger partial charge >= 0.3 is 0 Å². The molecule has 0 aromatic heterocycles. The number of nitrogens with one attached hydrogen (secondary N) is 1. The highest BCUT2D eigenvalue weighted by Crippen LogP contribution is 2.36. The SMILES string of the molecule is CC(C)NCC1(CN2CCSC(C)C2)CCCCCC1. The van der Waals surface area contributed by atoms with E-state index in [1.165, 1.54) is 70.5 Å². The second-order valence-corrected chi connectivity index (χ2v) is 8.91. The van der Waals surface area contributed by atoms with Gasteiger partial charge in [-0.2, -0.15) is 11.8 Å². The summed E-state index contributed by atoms with van der Waals surface area (Å²) in [6.07, 6.45) is 8.66. The Bertz CT molecular complexity index is 272. The van der Waals surface area contributed by atoms with E-state index in [0.717, 1.165) is 5.25 Å². The van der Waals surface area contributed by atoms with Crippen molar-refractivity contribution < 1.29 is 0 Å². The summed E-state index contributed by atoms with van der Waals surface area (Å²) in [5.74, 6) is 1.33. The van der Waals surface area contributed by atoms with Gasteiger partial charge in [0.05, 0.1) is 0 Å². The van der Waals surface area contributed by atoms with E-state index in [1.54, 1.807) is 0 Å².